The first-order valence-corrected chi connectivity index (χ1v) is 2.68. The summed E-state index contributed by atoms with van der Waals surface area (Å²) >= 11 is 0. The topological polar surface area (TPSA) is 12.0 Å². The maximum atomic E-state index is 12.2. The zero-order valence-electron chi connectivity index (χ0n) is 4.08. The second-order valence-electron chi connectivity index (χ2n) is 2.64. The fraction of sp³-hybridized carbons (Fsp3) is 1.00. The third kappa shape index (κ3) is 0.312. The summed E-state index contributed by atoms with van der Waals surface area (Å²) in [4.78, 5) is 0. The molecule has 1 atom stereocenters. The Morgan fingerprint density at radius 3 is 2.14 bits per heavy atom. The summed E-state index contributed by atoms with van der Waals surface area (Å²) in [6, 6.07) is 0. The van der Waals surface area contributed by atoms with Gasteiger partial charge in [0.2, 0.25) is 0 Å². The van der Waals surface area contributed by atoms with Crippen molar-refractivity contribution in [1.82, 2.24) is 5.32 Å². The molecule has 1 unspecified atom stereocenters. The highest BCUT2D eigenvalue weighted by Gasteiger charge is 2.58. The molecule has 0 amide bonds. The lowest BCUT2D eigenvalue weighted by molar-refractivity contribution is 0.256. The average molecular weight is 101 g/mol. The normalized spacial score (nSPS) is 43.3. The van der Waals surface area contributed by atoms with Gasteiger partial charge >= 0.3 is 0 Å². The Hall–Kier alpha value is -0.110. The number of hydrogen-bond acceptors (Lipinski definition) is 1. The Morgan fingerprint density at radius 1 is 1.57 bits per heavy atom. The molecule has 1 nitrogen and oxygen atoms in total. The highest BCUT2D eigenvalue weighted by Crippen LogP contribution is 2.51. The number of rotatable bonds is 0. The Bertz CT molecular complexity index is 92.7. The summed E-state index contributed by atoms with van der Waals surface area (Å²) in [5.41, 5.74) is 0.153. The van der Waals surface area contributed by atoms with Crippen LogP contribution in [0, 0.1) is 5.41 Å². The summed E-state index contributed by atoms with van der Waals surface area (Å²) in [5.74, 6) is 0. The van der Waals surface area contributed by atoms with Crippen molar-refractivity contribution in [2.24, 2.45) is 5.41 Å². The highest BCUT2D eigenvalue weighted by atomic mass is 19.1. The summed E-state index contributed by atoms with van der Waals surface area (Å²) in [6.45, 7) is 1.85. The smallest absolute Gasteiger partial charge is 0.109 e. The van der Waals surface area contributed by atoms with E-state index in [4.69, 9.17) is 0 Å². The van der Waals surface area contributed by atoms with Crippen LogP contribution in [0.15, 0.2) is 0 Å². The van der Waals surface area contributed by atoms with Gasteiger partial charge in [-0.3, -0.25) is 0 Å². The first-order chi connectivity index (χ1) is 3.33. The number of alkyl halides is 1. The van der Waals surface area contributed by atoms with Gasteiger partial charge in [0.05, 0.1) is 0 Å². The van der Waals surface area contributed by atoms with Crippen LogP contribution in [0.3, 0.4) is 0 Å². The fourth-order valence-electron chi connectivity index (χ4n) is 1.11. The van der Waals surface area contributed by atoms with Crippen LogP contribution >= 0.6 is 0 Å². The molecule has 40 valence electrons. The van der Waals surface area contributed by atoms with E-state index in [1.165, 1.54) is 0 Å². The van der Waals surface area contributed by atoms with Crippen molar-refractivity contribution in [3.05, 3.63) is 0 Å². The minimum Gasteiger partial charge on any atom is -0.315 e. The maximum absolute atomic E-state index is 12.2. The molecule has 2 rings (SSSR count). The van der Waals surface area contributed by atoms with Gasteiger partial charge in [-0.2, -0.15) is 0 Å². The van der Waals surface area contributed by atoms with E-state index in [-0.39, 0.29) is 5.41 Å². The number of hydrogen-bond donors (Lipinski definition) is 1. The molecule has 7 heavy (non-hydrogen) atoms. The Balaban J connectivity index is 2.05. The van der Waals surface area contributed by atoms with Crippen LogP contribution in [0.5, 0.6) is 0 Å². The molecule has 1 saturated carbocycles. The zero-order valence-corrected chi connectivity index (χ0v) is 4.08. The van der Waals surface area contributed by atoms with Crippen LogP contribution in [0.1, 0.15) is 6.42 Å². The third-order valence-corrected chi connectivity index (χ3v) is 2.04. The van der Waals surface area contributed by atoms with Gasteiger partial charge in [0, 0.05) is 18.5 Å². The molecule has 1 spiro atoms. The van der Waals surface area contributed by atoms with E-state index >= 15 is 0 Å². The van der Waals surface area contributed by atoms with E-state index in [9.17, 15) is 4.39 Å². The number of nitrogens with one attached hydrogen (secondary N) is 1. The van der Waals surface area contributed by atoms with Gasteiger partial charge < -0.3 is 5.32 Å². The molecular formula is C5H8FN. The molecule has 0 aromatic rings. The Kier molecular flexibility index (Phi) is 0.465. The van der Waals surface area contributed by atoms with Crippen LogP contribution in [0.4, 0.5) is 4.39 Å². The lowest BCUT2D eigenvalue weighted by Gasteiger charge is -2.26. The van der Waals surface area contributed by atoms with Crippen molar-refractivity contribution in [3.63, 3.8) is 0 Å². The van der Waals surface area contributed by atoms with E-state index in [0.717, 1.165) is 19.5 Å². The van der Waals surface area contributed by atoms with Gasteiger partial charge in [0.15, 0.2) is 0 Å². The first-order valence-electron chi connectivity index (χ1n) is 2.68. The molecule has 1 aliphatic heterocycles. The number of halogens is 1. The van der Waals surface area contributed by atoms with Gasteiger partial charge in [-0.1, -0.05) is 0 Å². The predicted molar refractivity (Wildman–Crippen MR) is 24.8 cm³/mol. The first kappa shape index (κ1) is 3.84. The average Bonchev–Trinajstić information content (AvgIpc) is 2.10. The fourth-order valence-corrected chi connectivity index (χ4v) is 1.11. The maximum Gasteiger partial charge on any atom is 0.109 e. The van der Waals surface area contributed by atoms with Crippen LogP contribution in [0.25, 0.3) is 0 Å². The molecule has 1 saturated heterocycles. The third-order valence-electron chi connectivity index (χ3n) is 2.04. The second kappa shape index (κ2) is 0.848. The van der Waals surface area contributed by atoms with Crippen molar-refractivity contribution in [2.75, 3.05) is 13.1 Å². The standard InChI is InChI=1S/C5H8FN/c6-4-1-5(4)2-7-3-5/h4,7H,1-3H2. The molecule has 0 radical (unpaired) electrons. The quantitative estimate of drug-likeness (QED) is 0.463. The molecule has 1 heterocycles. The SMILES string of the molecule is FC1CC12CNC2. The summed E-state index contributed by atoms with van der Waals surface area (Å²) in [7, 11) is 0. The van der Waals surface area contributed by atoms with Crippen LogP contribution < -0.4 is 5.32 Å². The van der Waals surface area contributed by atoms with Gasteiger partial charge in [-0.05, 0) is 6.42 Å². The summed E-state index contributed by atoms with van der Waals surface area (Å²) in [6.07, 6.45) is 0.355. The molecule has 0 bridgehead atoms. The van der Waals surface area contributed by atoms with E-state index in [1.807, 2.05) is 0 Å². The second-order valence-corrected chi connectivity index (χ2v) is 2.64. The van der Waals surface area contributed by atoms with Crippen molar-refractivity contribution in [2.45, 2.75) is 12.6 Å². The highest BCUT2D eigenvalue weighted by molar-refractivity contribution is 5.11. The lowest BCUT2D eigenvalue weighted by Crippen LogP contribution is -2.45. The minimum atomic E-state index is -0.464. The minimum absolute atomic E-state index is 0.153. The lowest BCUT2D eigenvalue weighted by atomic mass is 10.0. The molecule has 1 aliphatic carbocycles. The Morgan fingerprint density at radius 2 is 2.14 bits per heavy atom. The molecule has 2 aliphatic rings. The summed E-state index contributed by atoms with van der Waals surface area (Å²) in [5, 5.41) is 3.05. The Labute approximate surface area is 41.9 Å². The molecule has 2 fully saturated rings. The van der Waals surface area contributed by atoms with Crippen molar-refractivity contribution in [1.29, 1.82) is 0 Å². The van der Waals surface area contributed by atoms with Gasteiger partial charge in [0.1, 0.15) is 6.17 Å². The van der Waals surface area contributed by atoms with Gasteiger partial charge in [-0.15, -0.1) is 0 Å². The summed E-state index contributed by atoms with van der Waals surface area (Å²) < 4.78 is 12.2. The molecule has 2 heteroatoms. The van der Waals surface area contributed by atoms with E-state index < -0.39 is 6.17 Å². The van der Waals surface area contributed by atoms with Crippen molar-refractivity contribution < 1.29 is 4.39 Å². The van der Waals surface area contributed by atoms with Crippen LogP contribution in [-0.2, 0) is 0 Å². The zero-order chi connectivity index (χ0) is 4.91. The van der Waals surface area contributed by atoms with Crippen molar-refractivity contribution >= 4 is 0 Å². The van der Waals surface area contributed by atoms with E-state index in [1.54, 1.807) is 0 Å². The van der Waals surface area contributed by atoms with Crippen LogP contribution in [0.2, 0.25) is 0 Å². The molecular weight excluding hydrogens is 93.1 g/mol. The van der Waals surface area contributed by atoms with E-state index in [2.05, 4.69) is 5.32 Å². The van der Waals surface area contributed by atoms with E-state index in [0.29, 0.717) is 0 Å². The molecule has 0 aromatic heterocycles. The predicted octanol–water partition coefficient (Wildman–Crippen LogP) is 0.318. The largest absolute Gasteiger partial charge is 0.315 e. The monoisotopic (exact) mass is 101 g/mol. The van der Waals surface area contributed by atoms with Gasteiger partial charge in [-0.25, -0.2) is 4.39 Å². The molecule has 0 aromatic carbocycles. The molecule has 1 N–H and O–H groups in total. The van der Waals surface area contributed by atoms with Gasteiger partial charge in [0.25, 0.3) is 0 Å². The van der Waals surface area contributed by atoms with Crippen molar-refractivity contribution in [3.8, 4) is 0 Å². The van der Waals surface area contributed by atoms with Crippen LogP contribution in [-0.4, -0.2) is 19.3 Å².